The average molecular weight is 352 g/mol. The first-order valence-electron chi connectivity index (χ1n) is 8.08. The van der Waals surface area contributed by atoms with Crippen molar-refractivity contribution in [1.82, 2.24) is 14.7 Å². The average Bonchev–Trinajstić information content (AvgIpc) is 2.91. The molecule has 1 aliphatic rings. The van der Waals surface area contributed by atoms with Crippen LogP contribution in [0.5, 0.6) is 0 Å². The fraction of sp³-hybridized carbons (Fsp3) is 0.412. The number of carbonyl (C=O) groups is 1. The van der Waals surface area contributed by atoms with Crippen LogP contribution in [0.2, 0.25) is 0 Å². The summed E-state index contributed by atoms with van der Waals surface area (Å²) in [5, 5.41) is 7.47. The van der Waals surface area contributed by atoms with Crippen molar-refractivity contribution < 1.29 is 18.0 Å². The summed E-state index contributed by atoms with van der Waals surface area (Å²) in [5.74, 6) is 0.474. The summed E-state index contributed by atoms with van der Waals surface area (Å²) in [6.45, 7) is 5.16. The molecule has 0 unspecified atom stereocenters. The maximum absolute atomic E-state index is 12.9. The molecular weight excluding hydrogens is 333 g/mol. The highest BCUT2D eigenvalue weighted by atomic mass is 19.4. The highest BCUT2D eigenvalue weighted by Crippen LogP contribution is 2.33. The predicted molar refractivity (Wildman–Crippen MR) is 87.4 cm³/mol. The van der Waals surface area contributed by atoms with E-state index < -0.39 is 11.7 Å². The minimum absolute atomic E-state index is 0.0279. The molecule has 0 saturated heterocycles. The number of alkyl halides is 3. The van der Waals surface area contributed by atoms with Gasteiger partial charge in [-0.25, -0.2) is 0 Å². The normalized spacial score (nSPS) is 14.4. The van der Waals surface area contributed by atoms with E-state index in [0.29, 0.717) is 37.6 Å². The first kappa shape index (κ1) is 17.3. The van der Waals surface area contributed by atoms with Gasteiger partial charge in [-0.15, -0.1) is 0 Å². The van der Waals surface area contributed by atoms with Crippen LogP contribution in [-0.4, -0.2) is 27.1 Å². The molecule has 1 aliphatic heterocycles. The molecule has 5 nitrogen and oxygen atoms in total. The van der Waals surface area contributed by atoms with Crippen LogP contribution in [0.15, 0.2) is 24.3 Å². The highest BCUT2D eigenvalue weighted by molar-refractivity contribution is 5.74. The molecule has 2 heterocycles. The zero-order valence-corrected chi connectivity index (χ0v) is 14.0. The standard InChI is InChI=1S/C17H19F3N4O/c1-3-24-15-7-8-23(11(2)25)10-14(15)16(22-24)21-13-6-4-5-12(9-13)17(18,19)20/h4-6,9H,3,7-8,10H2,1-2H3,(H,21,22). The summed E-state index contributed by atoms with van der Waals surface area (Å²) in [7, 11) is 0. The third-order valence-electron chi connectivity index (χ3n) is 4.33. The lowest BCUT2D eigenvalue weighted by Gasteiger charge is -2.26. The van der Waals surface area contributed by atoms with Gasteiger partial charge in [0.25, 0.3) is 0 Å². The van der Waals surface area contributed by atoms with Crippen LogP contribution in [0.4, 0.5) is 24.7 Å². The summed E-state index contributed by atoms with van der Waals surface area (Å²) >= 11 is 0. The quantitative estimate of drug-likeness (QED) is 0.919. The van der Waals surface area contributed by atoms with Crippen molar-refractivity contribution >= 4 is 17.4 Å². The van der Waals surface area contributed by atoms with Crippen molar-refractivity contribution in [1.29, 1.82) is 0 Å². The summed E-state index contributed by atoms with van der Waals surface area (Å²) < 4.78 is 40.5. The maximum Gasteiger partial charge on any atom is 0.416 e. The van der Waals surface area contributed by atoms with E-state index in [1.54, 1.807) is 11.0 Å². The van der Waals surface area contributed by atoms with Crippen molar-refractivity contribution in [2.75, 3.05) is 11.9 Å². The summed E-state index contributed by atoms with van der Waals surface area (Å²) in [5.41, 5.74) is 1.49. The van der Waals surface area contributed by atoms with Gasteiger partial charge >= 0.3 is 6.18 Å². The predicted octanol–water partition coefficient (Wildman–Crippen LogP) is 3.57. The number of benzene rings is 1. The van der Waals surface area contributed by atoms with Gasteiger partial charge in [0.15, 0.2) is 5.82 Å². The van der Waals surface area contributed by atoms with E-state index in [1.165, 1.54) is 13.0 Å². The fourth-order valence-electron chi connectivity index (χ4n) is 3.03. The molecule has 0 saturated carbocycles. The monoisotopic (exact) mass is 352 g/mol. The zero-order chi connectivity index (χ0) is 18.2. The van der Waals surface area contributed by atoms with Crippen LogP contribution in [0.1, 0.15) is 30.7 Å². The van der Waals surface area contributed by atoms with Gasteiger partial charge < -0.3 is 10.2 Å². The Morgan fingerprint density at radius 1 is 1.36 bits per heavy atom. The molecule has 0 bridgehead atoms. The number of anilines is 2. The molecule has 0 aliphatic carbocycles. The van der Waals surface area contributed by atoms with Gasteiger partial charge in [0.2, 0.25) is 5.91 Å². The number of hydrogen-bond donors (Lipinski definition) is 1. The van der Waals surface area contributed by atoms with Gasteiger partial charge in [-0.05, 0) is 25.1 Å². The van der Waals surface area contributed by atoms with Gasteiger partial charge in [0.05, 0.1) is 12.1 Å². The third kappa shape index (κ3) is 3.47. The number of carbonyl (C=O) groups excluding carboxylic acids is 1. The highest BCUT2D eigenvalue weighted by Gasteiger charge is 2.31. The topological polar surface area (TPSA) is 50.2 Å². The maximum atomic E-state index is 12.9. The number of aryl methyl sites for hydroxylation is 1. The first-order chi connectivity index (χ1) is 11.8. The van der Waals surface area contributed by atoms with Gasteiger partial charge in [0, 0.05) is 43.4 Å². The molecule has 2 aromatic rings. The van der Waals surface area contributed by atoms with Crippen LogP contribution >= 0.6 is 0 Å². The summed E-state index contributed by atoms with van der Waals surface area (Å²) in [6.07, 6.45) is -3.72. The third-order valence-corrected chi connectivity index (χ3v) is 4.33. The van der Waals surface area contributed by atoms with Crippen molar-refractivity contribution in [3.05, 3.63) is 41.1 Å². The molecular formula is C17H19F3N4O. The fourth-order valence-corrected chi connectivity index (χ4v) is 3.03. The smallest absolute Gasteiger partial charge is 0.338 e. The number of nitrogens with zero attached hydrogens (tertiary/aromatic N) is 3. The summed E-state index contributed by atoms with van der Waals surface area (Å²) in [6, 6.07) is 5.01. The molecule has 1 aromatic carbocycles. The molecule has 8 heteroatoms. The van der Waals surface area contributed by atoms with Crippen LogP contribution in [0, 0.1) is 0 Å². The largest absolute Gasteiger partial charge is 0.416 e. The molecule has 0 spiro atoms. The van der Waals surface area contributed by atoms with Crippen molar-refractivity contribution in [3.8, 4) is 0 Å². The Labute approximate surface area is 143 Å². The number of fused-ring (bicyclic) bond motifs is 1. The zero-order valence-electron chi connectivity index (χ0n) is 14.0. The Morgan fingerprint density at radius 3 is 2.76 bits per heavy atom. The molecule has 0 atom stereocenters. The van der Waals surface area contributed by atoms with E-state index in [1.807, 2.05) is 11.6 Å². The Hall–Kier alpha value is -2.51. The van der Waals surface area contributed by atoms with E-state index >= 15 is 0 Å². The molecule has 1 N–H and O–H groups in total. The van der Waals surface area contributed by atoms with E-state index in [-0.39, 0.29) is 5.91 Å². The first-order valence-corrected chi connectivity index (χ1v) is 8.08. The number of rotatable bonds is 3. The second-order valence-corrected chi connectivity index (χ2v) is 5.98. The number of hydrogen-bond acceptors (Lipinski definition) is 3. The van der Waals surface area contributed by atoms with E-state index in [4.69, 9.17) is 0 Å². The number of halogens is 3. The number of aromatic nitrogens is 2. The van der Waals surface area contributed by atoms with Crippen LogP contribution in [-0.2, 0) is 30.5 Å². The van der Waals surface area contributed by atoms with Crippen molar-refractivity contribution in [3.63, 3.8) is 0 Å². The molecule has 1 aromatic heterocycles. The van der Waals surface area contributed by atoms with Gasteiger partial charge in [-0.3, -0.25) is 9.48 Å². The number of nitrogens with one attached hydrogen (secondary N) is 1. The van der Waals surface area contributed by atoms with Crippen LogP contribution in [0.3, 0.4) is 0 Å². The van der Waals surface area contributed by atoms with Crippen LogP contribution < -0.4 is 5.32 Å². The van der Waals surface area contributed by atoms with Crippen LogP contribution in [0.25, 0.3) is 0 Å². The lowest BCUT2D eigenvalue weighted by atomic mass is 10.1. The lowest BCUT2D eigenvalue weighted by Crippen LogP contribution is -2.34. The van der Waals surface area contributed by atoms with Gasteiger partial charge in [0.1, 0.15) is 0 Å². The minimum Gasteiger partial charge on any atom is -0.338 e. The van der Waals surface area contributed by atoms with Crippen molar-refractivity contribution in [2.45, 2.75) is 39.5 Å². The van der Waals surface area contributed by atoms with E-state index in [0.717, 1.165) is 23.4 Å². The second kappa shape index (κ2) is 6.42. The van der Waals surface area contributed by atoms with Crippen molar-refractivity contribution in [2.24, 2.45) is 0 Å². The second-order valence-electron chi connectivity index (χ2n) is 5.98. The lowest BCUT2D eigenvalue weighted by molar-refractivity contribution is -0.137. The Morgan fingerprint density at radius 2 is 2.12 bits per heavy atom. The molecule has 134 valence electrons. The summed E-state index contributed by atoms with van der Waals surface area (Å²) in [4.78, 5) is 13.4. The number of amides is 1. The minimum atomic E-state index is -4.40. The molecule has 25 heavy (non-hydrogen) atoms. The van der Waals surface area contributed by atoms with Gasteiger partial charge in [-0.2, -0.15) is 18.3 Å². The SMILES string of the molecule is CCn1nc(Nc2cccc(C(F)(F)F)c2)c2c1CCN(C(C)=O)C2. The molecule has 0 fully saturated rings. The van der Waals surface area contributed by atoms with E-state index in [9.17, 15) is 18.0 Å². The van der Waals surface area contributed by atoms with Gasteiger partial charge in [-0.1, -0.05) is 6.07 Å². The Kier molecular flexibility index (Phi) is 4.45. The van der Waals surface area contributed by atoms with E-state index in [2.05, 4.69) is 10.4 Å². The molecule has 1 amide bonds. The molecule has 3 rings (SSSR count). The molecule has 0 radical (unpaired) electrons. The Bertz CT molecular complexity index is 798. The Balaban J connectivity index is 1.94.